The second kappa shape index (κ2) is 3.82. The number of hydrogen-bond acceptors (Lipinski definition) is 4. The lowest BCUT2D eigenvalue weighted by Gasteiger charge is -2.11. The summed E-state index contributed by atoms with van der Waals surface area (Å²) in [5.41, 5.74) is 4.92. The molecule has 1 atom stereocenters. The number of hydrogen-bond donors (Lipinski definition) is 4. The Labute approximate surface area is 69.5 Å². The highest BCUT2D eigenvalue weighted by molar-refractivity contribution is 7.85. The number of rotatable bonds is 4. The third kappa shape index (κ3) is 5.64. The van der Waals surface area contributed by atoms with Crippen LogP contribution in [0.3, 0.4) is 0 Å². The van der Waals surface area contributed by atoms with Gasteiger partial charge in [-0.15, -0.1) is 0 Å². The van der Waals surface area contributed by atoms with Crippen LogP contribution in [-0.2, 0) is 14.7 Å². The Morgan fingerprint density at radius 3 is 2.08 bits per heavy atom. The van der Waals surface area contributed by atoms with Crippen molar-refractivity contribution < 1.29 is 27.3 Å². The molecule has 0 heterocycles. The van der Waals surface area contributed by atoms with Gasteiger partial charge in [0.25, 0.3) is 10.1 Å². The minimum absolute atomic E-state index is 0.469. The minimum atomic E-state index is -4.44. The van der Waals surface area contributed by atoms with E-state index in [0.717, 1.165) is 0 Å². The third-order valence-corrected chi connectivity index (χ3v) is 2.98. The fourth-order valence-electron chi connectivity index (χ4n) is 0.438. The highest BCUT2D eigenvalue weighted by Crippen LogP contribution is 2.39. The summed E-state index contributed by atoms with van der Waals surface area (Å²) in [6.07, 6.45) is -0.469. The molecule has 0 aliphatic heterocycles. The largest absolute Gasteiger partial charge is 0.342 e. The molecule has 0 aromatic heterocycles. The molecule has 0 aliphatic rings. The molecule has 1 unspecified atom stereocenters. The van der Waals surface area contributed by atoms with Gasteiger partial charge in [0.1, 0.15) is 5.78 Å². The maximum absolute atomic E-state index is 10.3. The van der Waals surface area contributed by atoms with Gasteiger partial charge in [-0.3, -0.25) is 9.12 Å². The average molecular weight is 219 g/mol. The van der Waals surface area contributed by atoms with Gasteiger partial charge >= 0.3 is 7.60 Å². The van der Waals surface area contributed by atoms with Gasteiger partial charge in [0.15, 0.2) is 0 Å². The monoisotopic (exact) mass is 219 g/mol. The molecule has 0 saturated heterocycles. The van der Waals surface area contributed by atoms with Crippen LogP contribution < -0.4 is 5.73 Å². The van der Waals surface area contributed by atoms with Crippen molar-refractivity contribution in [3.63, 3.8) is 0 Å². The van der Waals surface area contributed by atoms with Crippen LogP contribution in [0.25, 0.3) is 0 Å². The van der Waals surface area contributed by atoms with Crippen molar-refractivity contribution in [2.24, 2.45) is 5.73 Å². The molecule has 9 heteroatoms. The van der Waals surface area contributed by atoms with E-state index < -0.39 is 35.7 Å². The summed E-state index contributed by atoms with van der Waals surface area (Å²) >= 11 is 0. The van der Waals surface area contributed by atoms with Crippen LogP contribution in [0.2, 0.25) is 0 Å². The molecule has 0 radical (unpaired) electrons. The molecule has 0 amide bonds. The first-order valence-electron chi connectivity index (χ1n) is 2.89. The van der Waals surface area contributed by atoms with E-state index in [1.165, 1.54) is 0 Å². The van der Waals surface area contributed by atoms with Crippen LogP contribution in [0.1, 0.15) is 6.42 Å². The second-order valence-electron chi connectivity index (χ2n) is 2.23. The van der Waals surface area contributed by atoms with Crippen LogP contribution in [-0.4, -0.2) is 34.3 Å². The van der Waals surface area contributed by atoms with E-state index in [9.17, 15) is 13.0 Å². The Morgan fingerprint density at radius 2 is 1.83 bits per heavy atom. The normalized spacial score (nSPS) is 16.0. The lowest BCUT2D eigenvalue weighted by Crippen LogP contribution is -2.23. The molecule has 0 bridgehead atoms. The molecule has 0 fully saturated rings. The van der Waals surface area contributed by atoms with Crippen molar-refractivity contribution in [2.45, 2.75) is 12.2 Å². The van der Waals surface area contributed by atoms with Gasteiger partial charge < -0.3 is 15.5 Å². The summed E-state index contributed by atoms with van der Waals surface area (Å²) < 4.78 is 38.8. The maximum atomic E-state index is 10.3. The van der Waals surface area contributed by atoms with E-state index in [4.69, 9.17) is 20.1 Å². The van der Waals surface area contributed by atoms with Gasteiger partial charge in [0.05, 0.1) is 5.75 Å². The van der Waals surface area contributed by atoms with Crippen LogP contribution in [0.15, 0.2) is 0 Å². The SMILES string of the molecule is NC(CCS(=O)(=O)O)P(=O)(O)O. The highest BCUT2D eigenvalue weighted by Gasteiger charge is 2.25. The van der Waals surface area contributed by atoms with Gasteiger partial charge in [-0.25, -0.2) is 0 Å². The van der Waals surface area contributed by atoms with E-state index in [2.05, 4.69) is 0 Å². The molecule has 0 rings (SSSR count). The zero-order chi connectivity index (χ0) is 9.99. The van der Waals surface area contributed by atoms with Crippen LogP contribution in [0.5, 0.6) is 0 Å². The smallest absolute Gasteiger partial charge is 0.323 e. The molecule has 0 saturated carbocycles. The molecule has 74 valence electrons. The minimum Gasteiger partial charge on any atom is -0.323 e. The van der Waals surface area contributed by atoms with Gasteiger partial charge in [-0.2, -0.15) is 8.42 Å². The van der Waals surface area contributed by atoms with Crippen LogP contribution in [0, 0.1) is 0 Å². The Bertz CT molecular complexity index is 279. The lowest BCUT2D eigenvalue weighted by molar-refractivity contribution is 0.356. The summed E-state index contributed by atoms with van der Waals surface area (Å²) in [6, 6.07) is 0. The Hall–Kier alpha value is 0.0200. The Morgan fingerprint density at radius 1 is 1.42 bits per heavy atom. The summed E-state index contributed by atoms with van der Waals surface area (Å²) in [5, 5.41) is 0. The Kier molecular flexibility index (Phi) is 3.83. The average Bonchev–Trinajstić information content (AvgIpc) is 1.78. The first-order chi connectivity index (χ1) is 5.13. The van der Waals surface area contributed by atoms with E-state index in [0.29, 0.717) is 0 Å². The molecule has 0 aromatic rings. The molecule has 0 aromatic carbocycles. The first kappa shape index (κ1) is 12.0. The predicted octanol–water partition coefficient (Wildman–Crippen LogP) is -1.27. The van der Waals surface area contributed by atoms with E-state index >= 15 is 0 Å². The van der Waals surface area contributed by atoms with E-state index in [1.807, 2.05) is 0 Å². The van der Waals surface area contributed by atoms with Crippen molar-refractivity contribution in [1.29, 1.82) is 0 Å². The van der Waals surface area contributed by atoms with Crippen molar-refractivity contribution in [1.82, 2.24) is 0 Å². The maximum Gasteiger partial charge on any atom is 0.342 e. The van der Waals surface area contributed by atoms with Crippen LogP contribution in [0.4, 0.5) is 0 Å². The highest BCUT2D eigenvalue weighted by atomic mass is 32.2. The van der Waals surface area contributed by atoms with Gasteiger partial charge in [0, 0.05) is 0 Å². The fraction of sp³-hybridized carbons (Fsp3) is 1.00. The number of nitrogens with two attached hydrogens (primary N) is 1. The van der Waals surface area contributed by atoms with Gasteiger partial charge in [-0.1, -0.05) is 0 Å². The quantitative estimate of drug-likeness (QED) is 0.341. The van der Waals surface area contributed by atoms with E-state index in [-0.39, 0.29) is 0 Å². The van der Waals surface area contributed by atoms with Crippen molar-refractivity contribution >= 4 is 17.7 Å². The molecule has 7 nitrogen and oxygen atoms in total. The zero-order valence-corrected chi connectivity index (χ0v) is 7.70. The summed E-state index contributed by atoms with van der Waals surface area (Å²) in [7, 11) is -8.64. The standard InChI is InChI=1S/C3H10NO6PS/c4-3(11(5,6)7)1-2-12(8,9)10/h3H,1-2,4H2,(H2,5,6,7)(H,8,9,10). The van der Waals surface area contributed by atoms with Gasteiger partial charge in [-0.05, 0) is 6.42 Å². The molecule has 0 spiro atoms. The molecule has 5 N–H and O–H groups in total. The third-order valence-electron chi connectivity index (χ3n) is 1.10. The summed E-state index contributed by atoms with van der Waals surface area (Å²) in [4.78, 5) is 16.8. The lowest BCUT2D eigenvalue weighted by atomic mass is 10.5. The fourth-order valence-corrected chi connectivity index (χ4v) is 1.63. The molecular weight excluding hydrogens is 209 g/mol. The van der Waals surface area contributed by atoms with Crippen molar-refractivity contribution in [2.75, 3.05) is 5.75 Å². The van der Waals surface area contributed by atoms with Crippen molar-refractivity contribution in [3.05, 3.63) is 0 Å². The van der Waals surface area contributed by atoms with Crippen molar-refractivity contribution in [3.8, 4) is 0 Å². The first-order valence-corrected chi connectivity index (χ1v) is 6.18. The summed E-state index contributed by atoms with van der Waals surface area (Å²) in [6.45, 7) is 0. The molecule has 0 aliphatic carbocycles. The second-order valence-corrected chi connectivity index (χ2v) is 5.64. The molecule has 12 heavy (non-hydrogen) atoms. The Balaban J connectivity index is 4.06. The topological polar surface area (TPSA) is 138 Å². The van der Waals surface area contributed by atoms with E-state index in [1.54, 1.807) is 0 Å². The molecular formula is C3H10NO6PS. The predicted molar refractivity (Wildman–Crippen MR) is 41.1 cm³/mol. The summed E-state index contributed by atoms with van der Waals surface area (Å²) in [5.74, 6) is -2.29. The van der Waals surface area contributed by atoms with Crippen LogP contribution >= 0.6 is 7.60 Å². The van der Waals surface area contributed by atoms with Gasteiger partial charge in [0.2, 0.25) is 0 Å². The zero-order valence-electron chi connectivity index (χ0n) is 5.99.